The smallest absolute Gasteiger partial charge is 0.326 e. The van der Waals surface area contributed by atoms with Crippen LogP contribution in [0.4, 0.5) is 0 Å². The molecule has 1 aliphatic heterocycles. The van der Waals surface area contributed by atoms with Crippen LogP contribution in [0.15, 0.2) is 11.6 Å². The highest BCUT2D eigenvalue weighted by Crippen LogP contribution is 2.48. The van der Waals surface area contributed by atoms with Gasteiger partial charge in [-0.2, -0.15) is 0 Å². The number of ether oxygens (including phenoxy) is 1. The number of aliphatic hydroxyl groups is 1. The van der Waals surface area contributed by atoms with Crippen LogP contribution < -0.4 is 0 Å². The molecule has 0 amide bonds. The first kappa shape index (κ1) is 15.6. The van der Waals surface area contributed by atoms with E-state index in [-0.39, 0.29) is 16.8 Å². The fraction of sp³-hybridized carbons (Fsp3) is 0.786. The summed E-state index contributed by atoms with van der Waals surface area (Å²) >= 11 is 1.43. The van der Waals surface area contributed by atoms with Crippen LogP contribution in [-0.2, 0) is 9.53 Å². The maximum atomic E-state index is 12.1. The lowest BCUT2D eigenvalue weighted by Crippen LogP contribution is -2.41. The fourth-order valence-electron chi connectivity index (χ4n) is 1.91. The van der Waals surface area contributed by atoms with Crippen LogP contribution in [0.1, 0.15) is 48.0 Å². The van der Waals surface area contributed by atoms with Crippen molar-refractivity contribution in [3.8, 4) is 0 Å². The Labute approximate surface area is 114 Å². The van der Waals surface area contributed by atoms with Crippen molar-refractivity contribution in [2.45, 2.75) is 64.3 Å². The standard InChI is InChI=1S/C14H24O3S/c1-7-8-9(2)10(15)14(6)11(16)17-12(18-14)13(3,4)5/h8,10,12,15H,7H2,1-6H3/t10?,12-,14-/m1/s1. The minimum absolute atomic E-state index is 0.125. The van der Waals surface area contributed by atoms with Gasteiger partial charge in [0, 0.05) is 5.41 Å². The predicted octanol–water partition coefficient (Wildman–Crippen LogP) is 3.12. The van der Waals surface area contributed by atoms with Gasteiger partial charge in [-0.1, -0.05) is 45.5 Å². The Balaban J connectivity index is 2.94. The van der Waals surface area contributed by atoms with Crippen molar-refractivity contribution in [3.63, 3.8) is 0 Å². The number of esters is 1. The van der Waals surface area contributed by atoms with E-state index in [1.165, 1.54) is 11.8 Å². The number of carbonyl (C=O) groups is 1. The number of carbonyl (C=O) groups excluding carboxylic acids is 1. The molecule has 0 aliphatic carbocycles. The van der Waals surface area contributed by atoms with Crippen LogP contribution in [0.3, 0.4) is 0 Å². The van der Waals surface area contributed by atoms with Gasteiger partial charge in [-0.3, -0.25) is 4.79 Å². The molecular formula is C14H24O3S. The first-order valence-electron chi connectivity index (χ1n) is 6.36. The summed E-state index contributed by atoms with van der Waals surface area (Å²) in [5.41, 5.74) is 0.498. The average molecular weight is 272 g/mol. The van der Waals surface area contributed by atoms with E-state index in [0.717, 1.165) is 12.0 Å². The SMILES string of the molecule is CCC=C(C)C(O)[C@@]1(C)S[C@H](C(C)(C)C)OC1=O. The van der Waals surface area contributed by atoms with E-state index in [0.29, 0.717) is 0 Å². The molecule has 0 spiro atoms. The van der Waals surface area contributed by atoms with Gasteiger partial charge in [0.1, 0.15) is 4.75 Å². The lowest BCUT2D eigenvalue weighted by atomic mass is 9.96. The maximum Gasteiger partial charge on any atom is 0.326 e. The van der Waals surface area contributed by atoms with Gasteiger partial charge in [0.2, 0.25) is 0 Å². The zero-order chi connectivity index (χ0) is 14.1. The summed E-state index contributed by atoms with van der Waals surface area (Å²) in [5, 5.41) is 10.4. The summed E-state index contributed by atoms with van der Waals surface area (Å²) in [6, 6.07) is 0. The highest BCUT2D eigenvalue weighted by molar-refractivity contribution is 8.02. The van der Waals surface area contributed by atoms with Gasteiger partial charge in [-0.05, 0) is 25.8 Å². The molecule has 1 saturated heterocycles. The third-order valence-electron chi connectivity index (χ3n) is 3.16. The van der Waals surface area contributed by atoms with Crippen molar-refractivity contribution < 1.29 is 14.6 Å². The first-order valence-corrected chi connectivity index (χ1v) is 7.24. The number of rotatable bonds is 3. The van der Waals surface area contributed by atoms with E-state index >= 15 is 0 Å². The monoisotopic (exact) mass is 272 g/mol. The van der Waals surface area contributed by atoms with E-state index in [4.69, 9.17) is 4.74 Å². The predicted molar refractivity (Wildman–Crippen MR) is 75.4 cm³/mol. The van der Waals surface area contributed by atoms with E-state index < -0.39 is 10.9 Å². The van der Waals surface area contributed by atoms with Crippen molar-refractivity contribution >= 4 is 17.7 Å². The molecule has 1 heterocycles. The highest BCUT2D eigenvalue weighted by Gasteiger charge is 2.54. The summed E-state index contributed by atoms with van der Waals surface area (Å²) in [4.78, 5) is 12.1. The molecule has 4 heteroatoms. The summed E-state index contributed by atoms with van der Waals surface area (Å²) < 4.78 is 4.53. The molecule has 1 rings (SSSR count). The number of allylic oxidation sites excluding steroid dienone is 1. The lowest BCUT2D eigenvalue weighted by Gasteiger charge is -2.28. The van der Waals surface area contributed by atoms with E-state index in [1.54, 1.807) is 6.92 Å². The van der Waals surface area contributed by atoms with Crippen LogP contribution in [-0.4, -0.2) is 27.4 Å². The quantitative estimate of drug-likeness (QED) is 0.633. The Morgan fingerprint density at radius 3 is 2.56 bits per heavy atom. The molecule has 1 unspecified atom stereocenters. The van der Waals surface area contributed by atoms with E-state index in [9.17, 15) is 9.90 Å². The topological polar surface area (TPSA) is 46.5 Å². The van der Waals surface area contributed by atoms with Crippen molar-refractivity contribution in [2.24, 2.45) is 5.41 Å². The minimum atomic E-state index is -0.895. The summed E-state index contributed by atoms with van der Waals surface area (Å²) in [6.45, 7) is 11.7. The van der Waals surface area contributed by atoms with E-state index in [2.05, 4.69) is 0 Å². The molecule has 1 N–H and O–H groups in total. The maximum absolute atomic E-state index is 12.1. The number of hydrogen-bond donors (Lipinski definition) is 1. The van der Waals surface area contributed by atoms with E-state index in [1.807, 2.05) is 40.7 Å². The molecule has 0 aromatic carbocycles. The molecule has 0 saturated carbocycles. The van der Waals surface area contributed by atoms with Gasteiger partial charge in [0.15, 0.2) is 5.44 Å². The van der Waals surface area contributed by atoms with Gasteiger partial charge < -0.3 is 9.84 Å². The molecule has 0 aromatic rings. The number of thioether (sulfide) groups is 1. The van der Waals surface area contributed by atoms with Crippen LogP contribution in [0.5, 0.6) is 0 Å². The Kier molecular flexibility index (Phi) is 4.55. The van der Waals surface area contributed by atoms with Gasteiger partial charge in [-0.15, -0.1) is 0 Å². The average Bonchev–Trinajstić information content (AvgIpc) is 2.55. The second kappa shape index (κ2) is 5.25. The fourth-order valence-corrected chi connectivity index (χ4v) is 3.30. The molecule has 0 radical (unpaired) electrons. The minimum Gasteiger partial charge on any atom is -0.450 e. The molecule has 1 aliphatic rings. The Morgan fingerprint density at radius 2 is 2.17 bits per heavy atom. The summed E-state index contributed by atoms with van der Waals surface area (Å²) in [5.74, 6) is -0.316. The van der Waals surface area contributed by atoms with Crippen LogP contribution in [0.25, 0.3) is 0 Å². The van der Waals surface area contributed by atoms with Crippen molar-refractivity contribution in [1.82, 2.24) is 0 Å². The molecule has 3 nitrogen and oxygen atoms in total. The van der Waals surface area contributed by atoms with Crippen molar-refractivity contribution in [2.75, 3.05) is 0 Å². The zero-order valence-electron chi connectivity index (χ0n) is 12.1. The summed E-state index contributed by atoms with van der Waals surface area (Å²) in [7, 11) is 0. The Hall–Kier alpha value is -0.480. The highest BCUT2D eigenvalue weighted by atomic mass is 32.2. The van der Waals surface area contributed by atoms with Gasteiger partial charge in [-0.25, -0.2) is 0 Å². The number of hydrogen-bond acceptors (Lipinski definition) is 4. The van der Waals surface area contributed by atoms with Gasteiger partial charge in [0.25, 0.3) is 0 Å². The Bertz CT molecular complexity index is 357. The normalized spacial score (nSPS) is 31.4. The molecule has 0 aromatic heterocycles. The van der Waals surface area contributed by atoms with Crippen LogP contribution >= 0.6 is 11.8 Å². The number of aliphatic hydroxyl groups excluding tert-OH is 1. The zero-order valence-corrected chi connectivity index (χ0v) is 12.9. The lowest BCUT2D eigenvalue weighted by molar-refractivity contribution is -0.150. The molecule has 18 heavy (non-hydrogen) atoms. The molecule has 3 atom stereocenters. The summed E-state index contributed by atoms with van der Waals surface area (Å²) in [6.07, 6.45) is 2.01. The molecule has 0 bridgehead atoms. The largest absolute Gasteiger partial charge is 0.450 e. The second-order valence-corrected chi connectivity index (χ2v) is 7.60. The number of cyclic esters (lactones) is 1. The van der Waals surface area contributed by atoms with Crippen molar-refractivity contribution in [1.29, 1.82) is 0 Å². The van der Waals surface area contributed by atoms with Crippen molar-refractivity contribution in [3.05, 3.63) is 11.6 Å². The molecule has 1 fully saturated rings. The molecular weight excluding hydrogens is 248 g/mol. The first-order chi connectivity index (χ1) is 8.13. The third-order valence-corrected chi connectivity index (χ3v) is 5.05. The van der Waals surface area contributed by atoms with Crippen LogP contribution in [0, 0.1) is 5.41 Å². The van der Waals surface area contributed by atoms with Gasteiger partial charge >= 0.3 is 5.97 Å². The van der Waals surface area contributed by atoms with Gasteiger partial charge in [0.05, 0.1) is 6.10 Å². The third kappa shape index (κ3) is 2.91. The molecule has 104 valence electrons. The Morgan fingerprint density at radius 1 is 1.61 bits per heavy atom. The van der Waals surface area contributed by atoms with Crippen LogP contribution in [0.2, 0.25) is 0 Å². The second-order valence-electron chi connectivity index (χ2n) is 6.09.